The number of nitrogens with one attached hydrogen (secondary N) is 2. The monoisotopic (exact) mass is 435 g/mol. The summed E-state index contributed by atoms with van der Waals surface area (Å²) in [6.45, 7) is 2.23. The Morgan fingerprint density at radius 3 is 2.73 bits per heavy atom. The number of amides is 1. The molecule has 1 heterocycles. The lowest BCUT2D eigenvalue weighted by atomic mass is 9.89. The summed E-state index contributed by atoms with van der Waals surface area (Å²) in [5.41, 5.74) is 2.16. The highest BCUT2D eigenvalue weighted by Gasteiger charge is 2.24. The second-order valence-corrected chi connectivity index (χ2v) is 8.99. The van der Waals surface area contributed by atoms with E-state index in [9.17, 15) is 10.1 Å². The lowest BCUT2D eigenvalue weighted by Gasteiger charge is -2.17. The quantitative estimate of drug-likeness (QED) is 0.564. The molecule has 4 rings (SSSR count). The number of thiocarbonyl (C=S) groups is 1. The Balaban J connectivity index is 1.55. The highest BCUT2D eigenvalue weighted by molar-refractivity contribution is 7.80. The van der Waals surface area contributed by atoms with Crippen LogP contribution in [0.3, 0.4) is 0 Å². The highest BCUT2D eigenvalue weighted by Crippen LogP contribution is 2.39. The molecule has 0 unspecified atom stereocenters. The summed E-state index contributed by atoms with van der Waals surface area (Å²) < 4.78 is 5.41. The maximum absolute atomic E-state index is 12.9. The first-order chi connectivity index (χ1) is 14.5. The average Bonchev–Trinajstić information content (AvgIpc) is 3.08. The van der Waals surface area contributed by atoms with Crippen LogP contribution in [0.2, 0.25) is 0 Å². The predicted octanol–water partition coefficient (Wildman–Crippen LogP) is 5.03. The second kappa shape index (κ2) is 8.42. The minimum Gasteiger partial charge on any atom is -0.496 e. The van der Waals surface area contributed by atoms with Gasteiger partial charge >= 0.3 is 0 Å². The van der Waals surface area contributed by atoms with Crippen molar-refractivity contribution >= 4 is 50.3 Å². The van der Waals surface area contributed by atoms with E-state index in [2.05, 4.69) is 23.6 Å². The van der Waals surface area contributed by atoms with E-state index >= 15 is 0 Å². The number of carbonyl (C=O) groups excluding carboxylic acids is 1. The topological polar surface area (TPSA) is 74.2 Å². The fraction of sp³-hybridized carbons (Fsp3) is 0.261. The molecule has 152 valence electrons. The van der Waals surface area contributed by atoms with Gasteiger partial charge in [-0.15, -0.1) is 11.3 Å². The van der Waals surface area contributed by atoms with Gasteiger partial charge in [0.25, 0.3) is 5.91 Å². The number of fused-ring (bicyclic) bond motifs is 2. The fourth-order valence-corrected chi connectivity index (χ4v) is 5.45. The molecule has 5 nitrogen and oxygen atoms in total. The van der Waals surface area contributed by atoms with Crippen molar-refractivity contribution in [2.24, 2.45) is 5.92 Å². The van der Waals surface area contributed by atoms with E-state index in [-0.39, 0.29) is 11.0 Å². The SMILES string of the molecule is COc1cc2ccccc2cc1C(=O)NC(=S)Nc1sc2c(c1C#N)CC[C@H](C)C2. The van der Waals surface area contributed by atoms with Gasteiger partial charge in [-0.1, -0.05) is 31.2 Å². The molecule has 2 N–H and O–H groups in total. The molecule has 0 saturated carbocycles. The summed E-state index contributed by atoms with van der Waals surface area (Å²) in [5, 5.41) is 18.2. The molecule has 3 aromatic rings. The number of benzene rings is 2. The van der Waals surface area contributed by atoms with Crippen LogP contribution in [0.15, 0.2) is 36.4 Å². The van der Waals surface area contributed by atoms with Gasteiger partial charge < -0.3 is 10.1 Å². The number of anilines is 1. The van der Waals surface area contributed by atoms with Crippen LogP contribution in [0.25, 0.3) is 10.8 Å². The number of ether oxygens (including phenoxy) is 1. The highest BCUT2D eigenvalue weighted by atomic mass is 32.1. The number of hydrogen-bond donors (Lipinski definition) is 2. The van der Waals surface area contributed by atoms with Crippen molar-refractivity contribution in [3.05, 3.63) is 58.0 Å². The minimum atomic E-state index is -0.358. The standard InChI is InChI=1S/C23H21N3O2S2/c1-13-7-8-16-18(12-24)22(30-20(16)9-13)26-23(29)25-21(27)17-10-14-5-3-4-6-15(14)11-19(17)28-2/h3-6,10-11,13H,7-9H2,1-2H3,(H2,25,26,27,29)/t13-/m0/s1. The number of rotatable bonds is 3. The summed E-state index contributed by atoms with van der Waals surface area (Å²) in [7, 11) is 1.54. The minimum absolute atomic E-state index is 0.165. The Labute approximate surface area is 184 Å². The van der Waals surface area contributed by atoms with Crippen molar-refractivity contribution in [3.63, 3.8) is 0 Å². The molecule has 0 bridgehead atoms. The van der Waals surface area contributed by atoms with Crippen LogP contribution in [0.5, 0.6) is 5.75 Å². The first kappa shape index (κ1) is 20.3. The summed E-state index contributed by atoms with van der Waals surface area (Å²) in [4.78, 5) is 14.1. The molecule has 30 heavy (non-hydrogen) atoms. The number of nitriles is 1. The summed E-state index contributed by atoms with van der Waals surface area (Å²) in [6, 6.07) is 13.7. The molecular weight excluding hydrogens is 414 g/mol. The van der Waals surface area contributed by atoms with Crippen molar-refractivity contribution in [2.75, 3.05) is 12.4 Å². The normalized spacial score (nSPS) is 15.2. The number of nitrogens with zero attached hydrogens (tertiary/aromatic N) is 1. The van der Waals surface area contributed by atoms with E-state index in [0.717, 1.165) is 35.6 Å². The van der Waals surface area contributed by atoms with E-state index in [1.807, 2.05) is 30.3 Å². The van der Waals surface area contributed by atoms with Crippen molar-refractivity contribution in [3.8, 4) is 11.8 Å². The molecule has 1 atom stereocenters. The molecular formula is C23H21N3O2S2. The van der Waals surface area contributed by atoms with E-state index in [1.54, 1.807) is 17.4 Å². The summed E-state index contributed by atoms with van der Waals surface area (Å²) in [6.07, 6.45) is 2.97. The number of carbonyl (C=O) groups is 1. The molecule has 0 spiro atoms. The van der Waals surface area contributed by atoms with Gasteiger partial charge in [0.2, 0.25) is 0 Å². The molecule has 1 aliphatic rings. The molecule has 0 fully saturated rings. The van der Waals surface area contributed by atoms with Gasteiger partial charge in [0.15, 0.2) is 5.11 Å². The zero-order valence-electron chi connectivity index (χ0n) is 16.7. The van der Waals surface area contributed by atoms with Crippen LogP contribution in [-0.2, 0) is 12.8 Å². The van der Waals surface area contributed by atoms with Gasteiger partial charge in [-0.05, 0) is 65.9 Å². The van der Waals surface area contributed by atoms with Crippen molar-refractivity contribution in [1.29, 1.82) is 5.26 Å². The predicted molar refractivity (Wildman–Crippen MR) is 124 cm³/mol. The van der Waals surface area contributed by atoms with Crippen LogP contribution in [0, 0.1) is 17.2 Å². The average molecular weight is 436 g/mol. The zero-order valence-corrected chi connectivity index (χ0v) is 18.4. The third-order valence-electron chi connectivity index (χ3n) is 5.39. The Kier molecular flexibility index (Phi) is 5.71. The molecule has 0 saturated heterocycles. The van der Waals surface area contributed by atoms with Crippen LogP contribution in [0.1, 0.15) is 39.7 Å². The van der Waals surface area contributed by atoms with Crippen molar-refractivity contribution in [1.82, 2.24) is 5.32 Å². The molecule has 7 heteroatoms. The number of hydrogen-bond acceptors (Lipinski definition) is 5. The largest absolute Gasteiger partial charge is 0.496 e. The Hall–Kier alpha value is -2.95. The molecule has 0 aliphatic heterocycles. The van der Waals surface area contributed by atoms with E-state index in [1.165, 1.54) is 12.0 Å². The third kappa shape index (κ3) is 3.89. The molecule has 1 amide bonds. The van der Waals surface area contributed by atoms with Crippen LogP contribution < -0.4 is 15.4 Å². The third-order valence-corrected chi connectivity index (χ3v) is 6.76. The van der Waals surface area contributed by atoms with Crippen LogP contribution in [-0.4, -0.2) is 18.1 Å². The fourth-order valence-electron chi connectivity index (χ4n) is 3.83. The lowest BCUT2D eigenvalue weighted by molar-refractivity contribution is 0.0975. The van der Waals surface area contributed by atoms with Gasteiger partial charge in [-0.3, -0.25) is 10.1 Å². The maximum Gasteiger partial charge on any atom is 0.261 e. The smallest absolute Gasteiger partial charge is 0.261 e. The van der Waals surface area contributed by atoms with E-state index in [0.29, 0.717) is 27.8 Å². The van der Waals surface area contributed by atoms with Crippen molar-refractivity contribution in [2.45, 2.75) is 26.2 Å². The Morgan fingerprint density at radius 2 is 2.03 bits per heavy atom. The van der Waals surface area contributed by atoms with E-state index in [4.69, 9.17) is 17.0 Å². The van der Waals surface area contributed by atoms with Crippen molar-refractivity contribution < 1.29 is 9.53 Å². The van der Waals surface area contributed by atoms with Gasteiger partial charge in [-0.2, -0.15) is 5.26 Å². The Morgan fingerprint density at radius 1 is 1.30 bits per heavy atom. The molecule has 2 aromatic carbocycles. The summed E-state index contributed by atoms with van der Waals surface area (Å²) in [5.74, 6) is 0.735. The molecule has 0 radical (unpaired) electrons. The maximum atomic E-state index is 12.9. The van der Waals surface area contributed by atoms with Crippen LogP contribution >= 0.6 is 23.6 Å². The lowest BCUT2D eigenvalue weighted by Crippen LogP contribution is -2.34. The van der Waals surface area contributed by atoms with E-state index < -0.39 is 0 Å². The van der Waals surface area contributed by atoms with Gasteiger partial charge in [0.05, 0.1) is 18.2 Å². The number of methoxy groups -OCH3 is 1. The molecule has 1 aromatic heterocycles. The summed E-state index contributed by atoms with van der Waals surface area (Å²) >= 11 is 6.93. The first-order valence-electron chi connectivity index (χ1n) is 9.74. The number of thiophene rings is 1. The zero-order chi connectivity index (χ0) is 21.3. The second-order valence-electron chi connectivity index (χ2n) is 7.48. The first-order valence-corrected chi connectivity index (χ1v) is 11.0. The van der Waals surface area contributed by atoms with Gasteiger partial charge in [0, 0.05) is 4.88 Å². The van der Waals surface area contributed by atoms with Gasteiger partial charge in [0.1, 0.15) is 16.8 Å². The Bertz CT molecular complexity index is 1190. The van der Waals surface area contributed by atoms with Gasteiger partial charge in [-0.25, -0.2) is 0 Å². The van der Waals surface area contributed by atoms with Crippen LogP contribution in [0.4, 0.5) is 5.00 Å². The molecule has 1 aliphatic carbocycles.